The number of ketones is 1. The summed E-state index contributed by atoms with van der Waals surface area (Å²) in [4.78, 5) is 27.1. The van der Waals surface area contributed by atoms with Crippen molar-refractivity contribution in [3.05, 3.63) is 88.5 Å². The van der Waals surface area contributed by atoms with E-state index in [1.807, 2.05) is 31.2 Å². The Morgan fingerprint density at radius 1 is 0.971 bits per heavy atom. The number of ether oxygens (including phenoxy) is 2. The largest absolute Gasteiger partial charge is 0.497 e. The molecule has 182 valence electrons. The Balaban J connectivity index is 1.54. The molecule has 1 fully saturated rings. The first-order valence-corrected chi connectivity index (χ1v) is 12.3. The Labute approximate surface area is 205 Å². The van der Waals surface area contributed by atoms with Crippen LogP contribution in [0.1, 0.15) is 62.0 Å². The molecule has 2 aromatic rings. The molecule has 5 nitrogen and oxygen atoms in total. The molecule has 0 saturated heterocycles. The normalized spacial score (nSPS) is 24.5. The minimum atomic E-state index is -0.551. The maximum absolute atomic E-state index is 13.8. The number of nitrogens with one attached hydrogen (secondary N) is 1. The number of halogens is 1. The first-order chi connectivity index (χ1) is 16.9. The van der Waals surface area contributed by atoms with Gasteiger partial charge >= 0.3 is 5.97 Å². The molecule has 35 heavy (non-hydrogen) atoms. The van der Waals surface area contributed by atoms with Gasteiger partial charge < -0.3 is 14.8 Å². The van der Waals surface area contributed by atoms with Crippen molar-refractivity contribution in [2.45, 2.75) is 57.0 Å². The van der Waals surface area contributed by atoms with Crippen LogP contribution in [0.4, 0.5) is 4.39 Å². The number of methoxy groups -OCH3 is 1. The second-order valence-electron chi connectivity index (χ2n) is 9.65. The van der Waals surface area contributed by atoms with E-state index in [1.165, 1.54) is 12.1 Å². The number of fused-ring (bicyclic) bond motifs is 1. The Hall–Kier alpha value is -3.41. The number of benzene rings is 2. The second kappa shape index (κ2) is 9.68. The van der Waals surface area contributed by atoms with E-state index in [0.29, 0.717) is 17.7 Å². The van der Waals surface area contributed by atoms with Gasteiger partial charge in [-0.2, -0.15) is 0 Å². The molecule has 3 aliphatic rings. The van der Waals surface area contributed by atoms with Gasteiger partial charge in [0.05, 0.1) is 18.6 Å². The average Bonchev–Trinajstić information content (AvgIpc) is 3.36. The molecular weight excluding hydrogens is 445 g/mol. The highest BCUT2D eigenvalue weighted by molar-refractivity contribution is 5.96. The third-order valence-corrected chi connectivity index (χ3v) is 7.43. The predicted molar refractivity (Wildman–Crippen MR) is 130 cm³/mol. The van der Waals surface area contributed by atoms with Gasteiger partial charge in [0.2, 0.25) is 0 Å². The van der Waals surface area contributed by atoms with Crippen LogP contribution in [0.2, 0.25) is 0 Å². The van der Waals surface area contributed by atoms with Crippen molar-refractivity contribution in [1.29, 1.82) is 0 Å². The van der Waals surface area contributed by atoms with Crippen LogP contribution in [0, 0.1) is 11.7 Å². The number of hydrogen-bond donors (Lipinski definition) is 1. The van der Waals surface area contributed by atoms with Crippen molar-refractivity contribution in [1.82, 2.24) is 5.32 Å². The lowest BCUT2D eigenvalue weighted by Gasteiger charge is -2.39. The fourth-order valence-corrected chi connectivity index (χ4v) is 5.66. The summed E-state index contributed by atoms with van der Waals surface area (Å²) >= 11 is 0. The van der Waals surface area contributed by atoms with Gasteiger partial charge in [-0.3, -0.25) is 4.79 Å². The minimum absolute atomic E-state index is 0.0452. The average molecular weight is 476 g/mol. The van der Waals surface area contributed by atoms with Gasteiger partial charge in [0.25, 0.3) is 0 Å². The Morgan fingerprint density at radius 2 is 1.63 bits per heavy atom. The standard InChI is InChI=1S/C29H30FNO4/c1-17-26(29(33)35-23-5-3-4-6-23)27(19-7-11-21(30)12-8-19)28-24(31-17)15-20(16-25(28)32)18-9-13-22(34-2)14-10-18/h7-15,20,23,27-28,31H,3-6,16H2,1-2H3. The number of rotatable bonds is 5. The number of Topliss-reactive ketones (excluding diaryl/α,β-unsaturated/α-hetero) is 1. The van der Waals surface area contributed by atoms with Gasteiger partial charge in [-0.15, -0.1) is 0 Å². The maximum atomic E-state index is 13.8. The molecule has 1 aliphatic heterocycles. The van der Waals surface area contributed by atoms with Gasteiger partial charge in [-0.05, 0) is 68.0 Å². The number of allylic oxidation sites excluding steroid dienone is 3. The van der Waals surface area contributed by atoms with Gasteiger partial charge in [0.15, 0.2) is 0 Å². The molecule has 1 N–H and O–H groups in total. The van der Waals surface area contributed by atoms with Crippen molar-refractivity contribution in [2.24, 2.45) is 5.92 Å². The summed E-state index contributed by atoms with van der Waals surface area (Å²) in [6, 6.07) is 13.8. The van der Waals surface area contributed by atoms with E-state index in [1.54, 1.807) is 19.2 Å². The van der Waals surface area contributed by atoms with Crippen molar-refractivity contribution in [3.63, 3.8) is 0 Å². The summed E-state index contributed by atoms with van der Waals surface area (Å²) in [5.41, 5.74) is 3.68. The predicted octanol–water partition coefficient (Wildman–Crippen LogP) is 5.54. The van der Waals surface area contributed by atoms with Crippen LogP contribution in [-0.2, 0) is 14.3 Å². The summed E-state index contributed by atoms with van der Waals surface area (Å²) < 4.78 is 24.9. The lowest BCUT2D eigenvalue weighted by atomic mass is 9.68. The Morgan fingerprint density at radius 3 is 2.29 bits per heavy atom. The lowest BCUT2D eigenvalue weighted by molar-refractivity contribution is -0.144. The smallest absolute Gasteiger partial charge is 0.336 e. The second-order valence-corrected chi connectivity index (χ2v) is 9.65. The monoisotopic (exact) mass is 475 g/mol. The topological polar surface area (TPSA) is 64.6 Å². The molecule has 2 aromatic carbocycles. The molecule has 0 spiro atoms. The van der Waals surface area contributed by atoms with E-state index in [0.717, 1.165) is 48.3 Å². The maximum Gasteiger partial charge on any atom is 0.336 e. The molecule has 5 rings (SSSR count). The van der Waals surface area contributed by atoms with Crippen molar-refractivity contribution >= 4 is 11.8 Å². The fraction of sp³-hybridized carbons (Fsp3) is 0.379. The highest BCUT2D eigenvalue weighted by Crippen LogP contribution is 2.46. The quantitative estimate of drug-likeness (QED) is 0.576. The zero-order chi connectivity index (χ0) is 24.5. The van der Waals surface area contributed by atoms with Crippen LogP contribution in [-0.4, -0.2) is 25.0 Å². The van der Waals surface area contributed by atoms with Crippen LogP contribution in [0.25, 0.3) is 0 Å². The van der Waals surface area contributed by atoms with Crippen LogP contribution in [0.5, 0.6) is 5.75 Å². The molecule has 0 radical (unpaired) electrons. The van der Waals surface area contributed by atoms with Gasteiger partial charge in [-0.1, -0.05) is 30.3 Å². The van der Waals surface area contributed by atoms with Gasteiger partial charge in [0.1, 0.15) is 23.5 Å². The molecule has 1 saturated carbocycles. The van der Waals surface area contributed by atoms with E-state index >= 15 is 0 Å². The summed E-state index contributed by atoms with van der Waals surface area (Å²) in [5.74, 6) is -1.10. The van der Waals surface area contributed by atoms with Gasteiger partial charge in [0, 0.05) is 29.7 Å². The summed E-state index contributed by atoms with van der Waals surface area (Å²) in [6.07, 6.45) is 6.16. The third kappa shape index (κ3) is 4.62. The summed E-state index contributed by atoms with van der Waals surface area (Å²) in [5, 5.41) is 3.36. The number of carbonyl (C=O) groups is 2. The van der Waals surface area contributed by atoms with Crippen molar-refractivity contribution in [2.75, 3.05) is 7.11 Å². The van der Waals surface area contributed by atoms with Gasteiger partial charge in [-0.25, -0.2) is 9.18 Å². The Kier molecular flexibility index (Phi) is 6.46. The van der Waals surface area contributed by atoms with Crippen LogP contribution in [0.3, 0.4) is 0 Å². The van der Waals surface area contributed by atoms with E-state index in [4.69, 9.17) is 9.47 Å². The Bertz CT molecular complexity index is 1180. The SMILES string of the molecule is COc1ccc(C2C=C3NC(C)=C(C(=O)OC4CCCC4)C(c4ccc(F)cc4)C3C(=O)C2)cc1. The molecule has 0 aromatic heterocycles. The zero-order valence-electron chi connectivity index (χ0n) is 20.1. The first-order valence-electron chi connectivity index (χ1n) is 12.3. The molecule has 3 atom stereocenters. The summed E-state index contributed by atoms with van der Waals surface area (Å²) in [6.45, 7) is 1.85. The van der Waals surface area contributed by atoms with Crippen molar-refractivity contribution < 1.29 is 23.5 Å². The zero-order valence-corrected chi connectivity index (χ0v) is 20.1. The van der Waals surface area contributed by atoms with Crippen LogP contribution < -0.4 is 10.1 Å². The fourth-order valence-electron chi connectivity index (χ4n) is 5.66. The van der Waals surface area contributed by atoms with Crippen LogP contribution >= 0.6 is 0 Å². The molecule has 0 amide bonds. The van der Waals surface area contributed by atoms with Crippen LogP contribution in [0.15, 0.2) is 71.6 Å². The van der Waals surface area contributed by atoms with E-state index < -0.39 is 11.8 Å². The van der Waals surface area contributed by atoms with E-state index in [-0.39, 0.29) is 29.6 Å². The minimum Gasteiger partial charge on any atom is -0.497 e. The lowest BCUT2D eigenvalue weighted by Crippen LogP contribution is -2.42. The molecule has 6 heteroatoms. The molecule has 3 unspecified atom stereocenters. The highest BCUT2D eigenvalue weighted by atomic mass is 19.1. The third-order valence-electron chi connectivity index (χ3n) is 7.43. The highest BCUT2D eigenvalue weighted by Gasteiger charge is 2.45. The summed E-state index contributed by atoms with van der Waals surface area (Å²) in [7, 11) is 1.62. The van der Waals surface area contributed by atoms with E-state index in [2.05, 4.69) is 11.4 Å². The molecular formula is C29H30FNO4. The van der Waals surface area contributed by atoms with E-state index in [9.17, 15) is 14.0 Å². The van der Waals surface area contributed by atoms with Crippen molar-refractivity contribution in [3.8, 4) is 5.75 Å². The molecule has 2 aliphatic carbocycles. The first kappa shape index (κ1) is 23.3. The number of esters is 1. The number of carbonyl (C=O) groups excluding carboxylic acids is 2. The number of hydrogen-bond acceptors (Lipinski definition) is 5. The molecule has 1 heterocycles. The molecule has 0 bridgehead atoms.